The fourth-order valence-electron chi connectivity index (χ4n) is 2.24. The Morgan fingerprint density at radius 3 is 2.58 bits per heavy atom. The van der Waals surface area contributed by atoms with Crippen LogP contribution >= 0.6 is 0 Å². The summed E-state index contributed by atoms with van der Waals surface area (Å²) in [5.74, 6) is -0.785. The first-order valence-corrected chi connectivity index (χ1v) is 8.03. The Morgan fingerprint density at radius 2 is 2.04 bits per heavy atom. The van der Waals surface area contributed by atoms with Crippen molar-refractivity contribution in [2.75, 3.05) is 7.05 Å². The van der Waals surface area contributed by atoms with E-state index in [-0.39, 0.29) is 23.1 Å². The molecular weight excluding hydrogens is 349 g/mol. The average molecular weight is 368 g/mol. The van der Waals surface area contributed by atoms with Gasteiger partial charge in [0.25, 0.3) is 5.91 Å². The molecule has 0 saturated heterocycles. The number of rotatable bonds is 7. The molecule has 5 nitrogen and oxygen atoms in total. The summed E-state index contributed by atoms with van der Waals surface area (Å²) >= 11 is 0. The van der Waals surface area contributed by atoms with E-state index in [0.717, 1.165) is 43.5 Å². The summed E-state index contributed by atoms with van der Waals surface area (Å²) < 4.78 is 44.5. The van der Waals surface area contributed by atoms with Crippen molar-refractivity contribution < 1.29 is 27.5 Å². The second-order valence-corrected chi connectivity index (χ2v) is 5.71. The number of amides is 1. The monoisotopic (exact) mass is 368 g/mol. The SMILES string of the molecule is CN/C=C\C(=C/C=O)NC(=O)c1ccc(C(F)(F)F)cc1OC1CCC1. The Kier molecular flexibility index (Phi) is 6.43. The minimum absolute atomic E-state index is 0.0282. The minimum atomic E-state index is -4.54. The van der Waals surface area contributed by atoms with Gasteiger partial charge in [-0.1, -0.05) is 0 Å². The molecule has 26 heavy (non-hydrogen) atoms. The molecule has 0 unspecified atom stereocenters. The highest BCUT2D eigenvalue weighted by Gasteiger charge is 2.32. The summed E-state index contributed by atoms with van der Waals surface area (Å²) in [5, 5.41) is 5.19. The molecule has 1 aliphatic carbocycles. The molecule has 1 saturated carbocycles. The van der Waals surface area contributed by atoms with Crippen LogP contribution in [0.4, 0.5) is 13.2 Å². The summed E-state index contributed by atoms with van der Waals surface area (Å²) in [6.07, 6.45) is 2.24. The maximum Gasteiger partial charge on any atom is 0.416 e. The van der Waals surface area contributed by atoms with E-state index < -0.39 is 17.6 Å². The molecule has 8 heteroatoms. The van der Waals surface area contributed by atoms with Gasteiger partial charge in [0.15, 0.2) is 0 Å². The highest BCUT2D eigenvalue weighted by atomic mass is 19.4. The molecule has 1 aromatic carbocycles. The van der Waals surface area contributed by atoms with E-state index in [4.69, 9.17) is 4.74 Å². The van der Waals surface area contributed by atoms with Gasteiger partial charge in [0.05, 0.1) is 17.2 Å². The normalized spacial score (nSPS) is 15.5. The third-order valence-corrected chi connectivity index (χ3v) is 3.83. The van der Waals surface area contributed by atoms with Crippen molar-refractivity contribution in [1.29, 1.82) is 0 Å². The van der Waals surface area contributed by atoms with Crippen molar-refractivity contribution in [3.63, 3.8) is 0 Å². The van der Waals surface area contributed by atoms with Crippen LogP contribution in [-0.4, -0.2) is 25.3 Å². The summed E-state index contributed by atoms with van der Waals surface area (Å²) in [4.78, 5) is 23.2. The second kappa shape index (κ2) is 8.55. The molecule has 0 atom stereocenters. The highest BCUT2D eigenvalue weighted by molar-refractivity contribution is 5.98. The molecular formula is C18H19F3N2O3. The number of benzene rings is 1. The fraction of sp³-hybridized carbons (Fsp3) is 0.333. The van der Waals surface area contributed by atoms with Gasteiger partial charge in [-0.3, -0.25) is 9.59 Å². The number of halogens is 3. The molecule has 140 valence electrons. The summed E-state index contributed by atoms with van der Waals surface area (Å²) in [6, 6.07) is 2.74. The first kappa shape index (κ1) is 19.6. The highest BCUT2D eigenvalue weighted by Crippen LogP contribution is 2.35. The number of allylic oxidation sites excluding steroid dienone is 2. The lowest BCUT2D eigenvalue weighted by Gasteiger charge is -2.27. The molecule has 1 aliphatic rings. The zero-order valence-electron chi connectivity index (χ0n) is 14.1. The molecule has 2 N–H and O–H groups in total. The van der Waals surface area contributed by atoms with E-state index in [1.807, 2.05) is 0 Å². The number of carbonyl (C=O) groups excluding carboxylic acids is 2. The lowest BCUT2D eigenvalue weighted by molar-refractivity contribution is -0.137. The Morgan fingerprint density at radius 1 is 1.31 bits per heavy atom. The van der Waals surface area contributed by atoms with Gasteiger partial charge < -0.3 is 15.4 Å². The number of nitrogens with one attached hydrogen (secondary N) is 2. The van der Waals surface area contributed by atoms with Gasteiger partial charge in [-0.2, -0.15) is 13.2 Å². The van der Waals surface area contributed by atoms with Gasteiger partial charge in [0, 0.05) is 18.8 Å². The van der Waals surface area contributed by atoms with Crippen molar-refractivity contribution in [3.8, 4) is 5.75 Å². The molecule has 0 heterocycles. The van der Waals surface area contributed by atoms with Gasteiger partial charge in [-0.05, 0) is 49.7 Å². The molecule has 0 aliphatic heterocycles. The molecule has 0 radical (unpaired) electrons. The Hall–Kier alpha value is -2.77. The Balaban J connectivity index is 2.30. The van der Waals surface area contributed by atoms with Crippen molar-refractivity contribution in [2.45, 2.75) is 31.5 Å². The van der Waals surface area contributed by atoms with E-state index >= 15 is 0 Å². The van der Waals surface area contributed by atoms with Gasteiger partial charge in [0.1, 0.15) is 12.0 Å². The van der Waals surface area contributed by atoms with E-state index in [1.54, 1.807) is 7.05 Å². The van der Waals surface area contributed by atoms with Crippen LogP contribution in [0.25, 0.3) is 0 Å². The van der Waals surface area contributed by atoms with Crippen LogP contribution < -0.4 is 15.4 Å². The van der Waals surface area contributed by atoms with Crippen LogP contribution in [0.3, 0.4) is 0 Å². The van der Waals surface area contributed by atoms with Gasteiger partial charge in [0.2, 0.25) is 0 Å². The average Bonchev–Trinajstić information content (AvgIpc) is 2.55. The number of alkyl halides is 3. The summed E-state index contributed by atoms with van der Waals surface area (Å²) in [6.45, 7) is 0. The zero-order valence-corrected chi connectivity index (χ0v) is 14.1. The molecule has 2 rings (SSSR count). The Labute approximate surface area is 148 Å². The van der Waals surface area contributed by atoms with E-state index in [2.05, 4.69) is 10.6 Å². The first-order valence-electron chi connectivity index (χ1n) is 8.03. The van der Waals surface area contributed by atoms with E-state index in [9.17, 15) is 22.8 Å². The quantitative estimate of drug-likeness (QED) is 0.441. The van der Waals surface area contributed by atoms with Crippen molar-refractivity contribution in [2.24, 2.45) is 0 Å². The molecule has 0 aromatic heterocycles. The Bertz CT molecular complexity index is 723. The topological polar surface area (TPSA) is 67.4 Å². The third-order valence-electron chi connectivity index (χ3n) is 3.83. The van der Waals surface area contributed by atoms with Crippen molar-refractivity contribution in [1.82, 2.24) is 10.6 Å². The van der Waals surface area contributed by atoms with Gasteiger partial charge >= 0.3 is 6.18 Å². The first-order chi connectivity index (χ1) is 12.3. The zero-order chi connectivity index (χ0) is 19.2. The van der Waals surface area contributed by atoms with E-state index in [1.165, 1.54) is 12.3 Å². The molecule has 1 amide bonds. The van der Waals surface area contributed by atoms with Crippen molar-refractivity contribution >= 4 is 12.2 Å². The largest absolute Gasteiger partial charge is 0.490 e. The van der Waals surface area contributed by atoms with E-state index in [0.29, 0.717) is 6.29 Å². The number of hydrogen-bond donors (Lipinski definition) is 2. The van der Waals surface area contributed by atoms with Crippen LogP contribution in [0.2, 0.25) is 0 Å². The van der Waals surface area contributed by atoms with Crippen LogP contribution in [-0.2, 0) is 11.0 Å². The molecule has 0 bridgehead atoms. The fourth-order valence-corrected chi connectivity index (χ4v) is 2.24. The van der Waals surface area contributed by atoms with Crippen LogP contribution in [0.5, 0.6) is 5.75 Å². The number of carbonyl (C=O) groups is 2. The third kappa shape index (κ3) is 5.11. The van der Waals surface area contributed by atoms with Crippen LogP contribution in [0.1, 0.15) is 35.2 Å². The smallest absolute Gasteiger partial charge is 0.416 e. The van der Waals surface area contributed by atoms with Gasteiger partial charge in [-0.25, -0.2) is 0 Å². The number of aldehydes is 1. The predicted octanol–water partition coefficient (Wildman–Crippen LogP) is 3.18. The second-order valence-electron chi connectivity index (χ2n) is 5.71. The molecule has 1 aromatic rings. The maximum absolute atomic E-state index is 13.0. The predicted molar refractivity (Wildman–Crippen MR) is 89.5 cm³/mol. The summed E-state index contributed by atoms with van der Waals surface area (Å²) in [5.41, 5.74) is -0.726. The summed E-state index contributed by atoms with van der Waals surface area (Å²) in [7, 11) is 1.64. The van der Waals surface area contributed by atoms with Crippen LogP contribution in [0.15, 0.2) is 42.2 Å². The lowest BCUT2D eigenvalue weighted by atomic mass is 9.96. The number of hydrogen-bond acceptors (Lipinski definition) is 4. The lowest BCUT2D eigenvalue weighted by Crippen LogP contribution is -2.28. The standard InChI is InChI=1S/C18H19F3N2O3/c1-22-9-7-13(8-10-24)23-17(25)15-6-5-12(18(19,20)21)11-16(15)26-14-3-2-4-14/h5-11,14,22H,2-4H2,1H3,(H,23,25)/b9-7-,13-8+. The molecule has 1 fully saturated rings. The van der Waals surface area contributed by atoms with Crippen molar-refractivity contribution in [3.05, 3.63) is 53.4 Å². The maximum atomic E-state index is 13.0. The molecule has 0 spiro atoms. The number of ether oxygens (including phenoxy) is 1. The van der Waals surface area contributed by atoms with Gasteiger partial charge in [-0.15, -0.1) is 0 Å². The minimum Gasteiger partial charge on any atom is -0.490 e. The van der Waals surface area contributed by atoms with Crippen LogP contribution in [0, 0.1) is 0 Å².